The monoisotopic (exact) mass is 1120 g/mol. The third kappa shape index (κ3) is 11.7. The number of amides is 2. The van der Waals surface area contributed by atoms with E-state index in [-0.39, 0.29) is 69.3 Å². The smallest absolute Gasteiger partial charge is 0.280 e. The van der Waals surface area contributed by atoms with E-state index >= 15 is 0 Å². The maximum absolute atomic E-state index is 14.9. The first-order valence-electron chi connectivity index (χ1n) is 22.7. The molecule has 3 saturated heterocycles. The van der Waals surface area contributed by atoms with E-state index in [2.05, 4.69) is 82.1 Å². The van der Waals surface area contributed by atoms with Crippen LogP contribution in [0.1, 0.15) is 80.0 Å². The van der Waals surface area contributed by atoms with E-state index in [1.165, 1.54) is 36.2 Å². The maximum atomic E-state index is 14.9. The molecule has 7 rings (SSSR count). The van der Waals surface area contributed by atoms with Crippen LogP contribution in [-0.2, 0) is 60.1 Å². The highest BCUT2D eigenvalue weighted by Gasteiger charge is 2.55. The summed E-state index contributed by atoms with van der Waals surface area (Å²) in [5.74, 6) is -1.85. The van der Waals surface area contributed by atoms with Crippen LogP contribution in [0.15, 0.2) is 22.2 Å². The number of thioether (sulfide) groups is 2. The molecule has 388 valence electrons. The molecule has 7 heterocycles. The van der Waals surface area contributed by atoms with Crippen molar-refractivity contribution in [3.8, 4) is 0 Å². The van der Waals surface area contributed by atoms with Gasteiger partial charge in [0.2, 0.25) is 23.7 Å². The lowest BCUT2D eigenvalue weighted by Gasteiger charge is -2.44. The minimum absolute atomic E-state index is 0.0481. The van der Waals surface area contributed by atoms with Gasteiger partial charge in [0.05, 0.1) is 48.6 Å². The molecule has 0 saturated carbocycles. The number of H-pyrrole nitrogens is 2. The lowest BCUT2D eigenvalue weighted by atomic mass is 10.1. The lowest BCUT2D eigenvalue weighted by Crippen LogP contribution is -2.51. The van der Waals surface area contributed by atoms with Crippen LogP contribution in [0.2, 0.25) is 36.3 Å². The highest BCUT2D eigenvalue weighted by molar-refractivity contribution is 8.07. The van der Waals surface area contributed by atoms with E-state index < -0.39 is 98.7 Å². The fraction of sp³-hybridized carbons (Fsp3) is 0.700. The molecule has 70 heavy (non-hydrogen) atoms. The quantitative estimate of drug-likeness (QED) is 0.114. The predicted octanol–water partition coefficient (Wildman–Crippen LogP) is 5.44. The van der Waals surface area contributed by atoms with Gasteiger partial charge in [-0.15, -0.1) is 23.5 Å². The molecule has 0 aliphatic carbocycles. The number of nitrogens with one attached hydrogen (secondary N) is 4. The van der Waals surface area contributed by atoms with Crippen LogP contribution >= 0.6 is 37.0 Å². The fourth-order valence-electron chi connectivity index (χ4n) is 7.23. The van der Waals surface area contributed by atoms with Crippen LogP contribution in [0.3, 0.4) is 0 Å². The highest BCUT2D eigenvalue weighted by atomic mass is 32.5. The Morgan fingerprint density at radius 3 is 1.39 bits per heavy atom. The molecular formula is C40H62N10O12P2S4Si2-2. The second-order valence-electron chi connectivity index (χ2n) is 21.2. The summed E-state index contributed by atoms with van der Waals surface area (Å²) in [6, 6.07) is 0. The van der Waals surface area contributed by atoms with E-state index in [1.54, 1.807) is 36.8 Å². The van der Waals surface area contributed by atoms with Crippen LogP contribution < -0.4 is 31.5 Å². The first-order chi connectivity index (χ1) is 32.2. The molecule has 0 radical (unpaired) electrons. The zero-order chi connectivity index (χ0) is 51.8. The zero-order valence-electron chi connectivity index (χ0n) is 41.5. The molecule has 4 N–H and O–H groups in total. The van der Waals surface area contributed by atoms with Crippen molar-refractivity contribution < 1.29 is 46.3 Å². The molecular weight excluding hydrogens is 1060 g/mol. The van der Waals surface area contributed by atoms with E-state index in [0.29, 0.717) is 0 Å². The van der Waals surface area contributed by atoms with Crippen molar-refractivity contribution in [3.63, 3.8) is 0 Å². The van der Waals surface area contributed by atoms with Gasteiger partial charge in [0.15, 0.2) is 39.0 Å². The molecule has 22 nitrogen and oxygen atoms in total. The van der Waals surface area contributed by atoms with Gasteiger partial charge in [-0.3, -0.25) is 48.9 Å². The number of aromatic nitrogens is 8. The molecule has 3 fully saturated rings. The number of carbonyl (C=O) groups excluding carboxylic acids is 2. The number of aromatic amines is 2. The Balaban J connectivity index is 1.34. The minimum atomic E-state index is -4.53. The summed E-state index contributed by atoms with van der Waals surface area (Å²) in [6.45, 7) is 17.5. The number of rotatable bonds is 10. The van der Waals surface area contributed by atoms with Gasteiger partial charge in [0.25, 0.3) is 11.1 Å². The summed E-state index contributed by atoms with van der Waals surface area (Å²) < 4.78 is 42.9. The standard InChI is InChI=1S/C40H64N10O12P2S4Si2/c1-19(2)31(51)45-37-43-29-23(33(53)47-37)41-17-49(29)35-27-25(61-69(11,12)39(5,6)7)21(67-35)15-57-64(56,66)60-28-26(62-70(13,14)40(8,9)10)22(16-58-63(55,65)59-27)68-36(28)50-18-42-24-30(50)44-38(48-34(24)54)46-32(52)20(3)4/h17-22,25-28,35-36H,15-16H2,1-14H3,(H,55,65)(H,56,66)(H2,43,45,47,51,53)(H2,44,46,48,52,54)/p-2/t21-,22-,25-,26-,27-,28-,35-,36-,63?,64?/m1/s1. The second kappa shape index (κ2) is 20.1. The number of fused-ring (bicyclic) bond motifs is 6. The Morgan fingerprint density at radius 2 is 1.07 bits per heavy atom. The van der Waals surface area contributed by atoms with Crippen molar-refractivity contribution in [3.05, 3.63) is 33.4 Å². The van der Waals surface area contributed by atoms with Gasteiger partial charge in [-0.1, -0.05) is 92.9 Å². The molecule has 0 aromatic carbocycles. The van der Waals surface area contributed by atoms with Crippen molar-refractivity contribution in [2.45, 2.75) is 151 Å². The molecule has 0 spiro atoms. The third-order valence-corrected chi connectivity index (χ3v) is 28.4. The first kappa shape index (κ1) is 55.5. The van der Waals surface area contributed by atoms with Gasteiger partial charge >= 0.3 is 0 Å². The van der Waals surface area contributed by atoms with Crippen molar-refractivity contribution in [1.82, 2.24) is 39.0 Å². The van der Waals surface area contributed by atoms with Crippen LogP contribution in [0.5, 0.6) is 0 Å². The van der Waals surface area contributed by atoms with Crippen molar-refractivity contribution in [2.24, 2.45) is 11.8 Å². The van der Waals surface area contributed by atoms with Gasteiger partial charge in [-0.25, -0.2) is 9.97 Å². The van der Waals surface area contributed by atoms with Crippen molar-refractivity contribution in [2.75, 3.05) is 23.8 Å². The van der Waals surface area contributed by atoms with Gasteiger partial charge in [-0.05, 0) is 36.3 Å². The average Bonchev–Trinajstić information content (AvgIpc) is 3.99. The number of hydrogen-bond donors (Lipinski definition) is 4. The van der Waals surface area contributed by atoms with Crippen LogP contribution in [0.4, 0.5) is 11.9 Å². The summed E-state index contributed by atoms with van der Waals surface area (Å²) in [7, 11) is -5.50. The lowest BCUT2D eigenvalue weighted by molar-refractivity contribution is -0.219. The second-order valence-corrected chi connectivity index (χ2v) is 38.9. The third-order valence-electron chi connectivity index (χ3n) is 13.3. The summed E-state index contributed by atoms with van der Waals surface area (Å²) in [5, 5.41) is 1.20. The molecule has 4 aromatic rings. The van der Waals surface area contributed by atoms with Gasteiger partial charge in [-0.2, -0.15) is 9.97 Å². The molecule has 4 bridgehead atoms. The highest BCUT2D eigenvalue weighted by Crippen LogP contribution is 2.59. The molecule has 3 aliphatic rings. The van der Waals surface area contributed by atoms with Crippen molar-refractivity contribution >= 4 is 123 Å². The van der Waals surface area contributed by atoms with Crippen LogP contribution in [-0.4, -0.2) is 116 Å². The fourth-order valence-corrected chi connectivity index (χ4v) is 16.3. The molecule has 30 heteroatoms. The Morgan fingerprint density at radius 1 is 0.729 bits per heavy atom. The van der Waals surface area contributed by atoms with Crippen LogP contribution in [0, 0.1) is 11.8 Å². The zero-order valence-corrected chi connectivity index (χ0v) is 48.5. The topological polar surface area (TPSA) is 287 Å². The molecule has 10 atom stereocenters. The number of hydrogen-bond acceptors (Lipinski definition) is 20. The molecule has 3 aliphatic heterocycles. The van der Waals surface area contributed by atoms with Gasteiger partial charge in [0.1, 0.15) is 36.4 Å². The first-order valence-corrected chi connectivity index (χ1v) is 35.5. The van der Waals surface area contributed by atoms with E-state index in [9.17, 15) is 29.0 Å². The number of anilines is 2. The molecule has 4 aromatic heterocycles. The summed E-state index contributed by atoms with van der Waals surface area (Å²) in [6.07, 6.45) is -1.55. The Hall–Kier alpha value is -2.25. The Bertz CT molecular complexity index is 2680. The normalized spacial score (nSPS) is 29.5. The molecule has 2 amide bonds. The molecule has 2 unspecified atom stereocenters. The van der Waals surface area contributed by atoms with Crippen molar-refractivity contribution in [1.29, 1.82) is 0 Å². The van der Waals surface area contributed by atoms with E-state index in [0.717, 1.165) is 0 Å². The maximum Gasteiger partial charge on any atom is 0.280 e. The van der Waals surface area contributed by atoms with E-state index in [1.807, 2.05) is 26.2 Å². The van der Waals surface area contributed by atoms with Gasteiger partial charge in [0, 0.05) is 11.8 Å². The summed E-state index contributed by atoms with van der Waals surface area (Å²) in [4.78, 5) is 105. The minimum Gasteiger partial charge on any atom is -0.780 e. The Kier molecular flexibility index (Phi) is 16.0. The Labute approximate surface area is 426 Å². The number of imidazole rings is 2. The largest absolute Gasteiger partial charge is 0.780 e. The number of carbonyl (C=O) groups is 2. The SMILES string of the molecule is CC(C)C(=O)Nc1nc2c(ncn2[C@@H]2S[C@@H]3COP([O-])(=S)O[C@@H]4[C@H](O[Si](C)(C)C(C)(C)C)[C@@H](COP([O-])(=S)O[C@@H]2[C@@H]3O[Si](C)(C)C(C)(C)C)S[C@H]4n2cnc3c(=O)[nH]c(NC(=O)C(C)C)nc32)c(=O)[nH]1. The summed E-state index contributed by atoms with van der Waals surface area (Å²) in [5.41, 5.74) is -1.20. The van der Waals surface area contributed by atoms with E-state index in [4.69, 9.17) is 50.6 Å². The van der Waals surface area contributed by atoms with Gasteiger partial charge < -0.3 is 36.7 Å². The summed E-state index contributed by atoms with van der Waals surface area (Å²) >= 11 is 14.0. The van der Waals surface area contributed by atoms with Crippen LogP contribution in [0.25, 0.3) is 22.3 Å². The predicted molar refractivity (Wildman–Crippen MR) is 278 cm³/mol. The average molecular weight is 1120 g/mol. The number of nitrogens with zero attached hydrogens (tertiary/aromatic N) is 6.